The van der Waals surface area contributed by atoms with Gasteiger partial charge in [-0.25, -0.2) is 0 Å². The molecule has 1 amide bonds. The molecule has 0 fully saturated rings. The molecule has 116 valence electrons. The number of thioether (sulfide) groups is 1. The summed E-state index contributed by atoms with van der Waals surface area (Å²) in [5.41, 5.74) is 0.907. The smallest absolute Gasteiger partial charge is 0.250 e. The van der Waals surface area contributed by atoms with Gasteiger partial charge in [-0.1, -0.05) is 60.7 Å². The van der Waals surface area contributed by atoms with Crippen LogP contribution in [-0.2, 0) is 4.79 Å². The lowest BCUT2D eigenvalue weighted by Crippen LogP contribution is -2.07. The van der Waals surface area contributed by atoms with Gasteiger partial charge in [-0.2, -0.15) is 0 Å². The van der Waals surface area contributed by atoms with Crippen LogP contribution in [0.15, 0.2) is 34.7 Å². The molecule has 1 heterocycles. The number of nitrogens with zero attached hydrogens (tertiary/aromatic N) is 2. The Morgan fingerprint density at radius 2 is 2.09 bits per heavy atom. The van der Waals surface area contributed by atoms with Gasteiger partial charge in [0.2, 0.25) is 11.0 Å². The van der Waals surface area contributed by atoms with Crippen molar-refractivity contribution in [3.05, 3.63) is 40.9 Å². The molecule has 0 aliphatic rings. The third kappa shape index (κ3) is 5.79. The van der Waals surface area contributed by atoms with Crippen LogP contribution in [0, 0.1) is 5.92 Å². The zero-order valence-electron chi connectivity index (χ0n) is 12.2. The number of carbonyl (C=O) groups excluding carboxylic acids is 1. The predicted octanol–water partition coefficient (Wildman–Crippen LogP) is 4.59. The molecule has 0 aliphatic carbocycles. The van der Waals surface area contributed by atoms with Crippen LogP contribution in [-0.4, -0.2) is 21.9 Å². The summed E-state index contributed by atoms with van der Waals surface area (Å²) in [6.45, 7) is 4.30. The number of halogens is 1. The van der Waals surface area contributed by atoms with E-state index in [1.54, 1.807) is 30.0 Å². The summed E-state index contributed by atoms with van der Waals surface area (Å²) in [5, 5.41) is 11.9. The first-order valence-electron chi connectivity index (χ1n) is 6.74. The minimum Gasteiger partial charge on any atom is -0.297 e. The van der Waals surface area contributed by atoms with Crippen LogP contribution >= 0.6 is 34.7 Å². The number of benzene rings is 1. The monoisotopic (exact) mass is 353 g/mol. The van der Waals surface area contributed by atoms with Crippen LogP contribution in [0.3, 0.4) is 0 Å². The average molecular weight is 354 g/mol. The van der Waals surface area contributed by atoms with Crippen molar-refractivity contribution in [2.75, 3.05) is 11.1 Å². The third-order valence-corrected chi connectivity index (χ3v) is 5.12. The molecule has 2 aromatic rings. The molecule has 2 rings (SSSR count). The molecule has 0 unspecified atom stereocenters. The fraction of sp³-hybridized carbons (Fsp3) is 0.267. The van der Waals surface area contributed by atoms with Gasteiger partial charge in [0.1, 0.15) is 0 Å². The molecule has 1 aromatic carbocycles. The predicted molar refractivity (Wildman–Crippen MR) is 94.6 cm³/mol. The van der Waals surface area contributed by atoms with Crippen LogP contribution in [0.5, 0.6) is 0 Å². The second-order valence-corrected chi connectivity index (χ2v) is 7.63. The van der Waals surface area contributed by atoms with Crippen molar-refractivity contribution in [3.8, 4) is 0 Å². The Morgan fingerprint density at radius 3 is 2.77 bits per heavy atom. The van der Waals surface area contributed by atoms with Crippen molar-refractivity contribution < 1.29 is 4.79 Å². The largest absolute Gasteiger partial charge is 0.297 e. The lowest BCUT2D eigenvalue weighted by atomic mass is 10.2. The maximum absolute atomic E-state index is 11.8. The highest BCUT2D eigenvalue weighted by atomic mass is 35.5. The van der Waals surface area contributed by atoms with E-state index >= 15 is 0 Å². The van der Waals surface area contributed by atoms with Crippen LogP contribution in [0.1, 0.15) is 19.4 Å². The number of hydrogen-bond donors (Lipinski definition) is 1. The number of hydrogen-bond acceptors (Lipinski definition) is 5. The molecule has 0 bridgehead atoms. The SMILES string of the molecule is CC(C)CSc1nnc(NC(=O)/C=C/c2ccc(Cl)cc2)s1. The second-order valence-electron chi connectivity index (χ2n) is 4.95. The molecule has 0 saturated heterocycles. The molecule has 7 heteroatoms. The lowest BCUT2D eigenvalue weighted by molar-refractivity contribution is -0.111. The van der Waals surface area contributed by atoms with Crippen LogP contribution < -0.4 is 5.32 Å². The number of carbonyl (C=O) groups is 1. The van der Waals surface area contributed by atoms with Crippen molar-refractivity contribution in [1.82, 2.24) is 10.2 Å². The lowest BCUT2D eigenvalue weighted by Gasteiger charge is -1.99. The molecule has 0 radical (unpaired) electrons. The van der Waals surface area contributed by atoms with E-state index in [1.807, 2.05) is 12.1 Å². The van der Waals surface area contributed by atoms with Gasteiger partial charge < -0.3 is 0 Å². The standard InChI is InChI=1S/C15H16ClN3OS2/c1-10(2)9-21-15-19-18-14(22-15)17-13(20)8-5-11-3-6-12(16)7-4-11/h3-8,10H,9H2,1-2H3,(H,17,18,20)/b8-5+. The van der Waals surface area contributed by atoms with Gasteiger partial charge >= 0.3 is 0 Å². The third-order valence-electron chi connectivity index (χ3n) is 2.47. The van der Waals surface area contributed by atoms with Crippen LogP contribution in [0.25, 0.3) is 6.08 Å². The van der Waals surface area contributed by atoms with Crippen LogP contribution in [0.4, 0.5) is 5.13 Å². The Morgan fingerprint density at radius 1 is 1.36 bits per heavy atom. The molecule has 22 heavy (non-hydrogen) atoms. The fourth-order valence-corrected chi connectivity index (χ4v) is 3.31. The van der Waals surface area contributed by atoms with Crippen LogP contribution in [0.2, 0.25) is 5.02 Å². The van der Waals surface area contributed by atoms with Gasteiger partial charge in [0.25, 0.3) is 0 Å². The number of amides is 1. The van der Waals surface area contributed by atoms with Crippen molar-refractivity contribution in [2.24, 2.45) is 5.92 Å². The summed E-state index contributed by atoms with van der Waals surface area (Å²) < 4.78 is 0.866. The first-order chi connectivity index (χ1) is 10.5. The maximum Gasteiger partial charge on any atom is 0.250 e. The number of aromatic nitrogens is 2. The highest BCUT2D eigenvalue weighted by Gasteiger charge is 2.07. The minimum absolute atomic E-state index is 0.230. The number of rotatable bonds is 6. The Labute approximate surface area is 143 Å². The fourth-order valence-electron chi connectivity index (χ4n) is 1.45. The van der Waals surface area contributed by atoms with Crippen molar-refractivity contribution in [1.29, 1.82) is 0 Å². The van der Waals surface area contributed by atoms with Gasteiger partial charge in [-0.05, 0) is 29.7 Å². The normalized spacial score (nSPS) is 11.3. The van der Waals surface area contributed by atoms with E-state index in [0.29, 0.717) is 16.1 Å². The summed E-state index contributed by atoms with van der Waals surface area (Å²) in [6.07, 6.45) is 3.19. The van der Waals surface area contributed by atoms with Crippen molar-refractivity contribution in [3.63, 3.8) is 0 Å². The van der Waals surface area contributed by atoms with E-state index in [-0.39, 0.29) is 5.91 Å². The maximum atomic E-state index is 11.8. The molecule has 0 spiro atoms. The molecule has 0 atom stereocenters. The van der Waals surface area contributed by atoms with Crippen molar-refractivity contribution in [2.45, 2.75) is 18.2 Å². The summed E-state index contributed by atoms with van der Waals surface area (Å²) >= 11 is 8.85. The van der Waals surface area contributed by atoms with E-state index in [1.165, 1.54) is 17.4 Å². The van der Waals surface area contributed by atoms with Gasteiger partial charge in [0, 0.05) is 16.9 Å². The summed E-state index contributed by atoms with van der Waals surface area (Å²) in [7, 11) is 0. The Hall–Kier alpha value is -1.37. The number of anilines is 1. The topological polar surface area (TPSA) is 54.9 Å². The quantitative estimate of drug-likeness (QED) is 0.468. The highest BCUT2D eigenvalue weighted by Crippen LogP contribution is 2.26. The van der Waals surface area contributed by atoms with E-state index in [2.05, 4.69) is 29.4 Å². The van der Waals surface area contributed by atoms with Gasteiger partial charge in [0.05, 0.1) is 0 Å². The summed E-state index contributed by atoms with van der Waals surface area (Å²) in [4.78, 5) is 11.8. The molecular weight excluding hydrogens is 338 g/mol. The zero-order valence-corrected chi connectivity index (χ0v) is 14.6. The second kappa shape index (κ2) is 8.31. The molecule has 1 aromatic heterocycles. The van der Waals surface area contributed by atoms with Gasteiger partial charge in [-0.3, -0.25) is 10.1 Å². The van der Waals surface area contributed by atoms with E-state index in [0.717, 1.165) is 15.7 Å². The summed E-state index contributed by atoms with van der Waals surface area (Å²) in [6, 6.07) is 7.25. The van der Waals surface area contributed by atoms with E-state index < -0.39 is 0 Å². The molecule has 0 saturated carbocycles. The highest BCUT2D eigenvalue weighted by molar-refractivity contribution is 8.01. The Kier molecular flexibility index (Phi) is 6.42. The van der Waals surface area contributed by atoms with Gasteiger partial charge in [-0.15, -0.1) is 10.2 Å². The minimum atomic E-state index is -0.230. The summed E-state index contributed by atoms with van der Waals surface area (Å²) in [5.74, 6) is 1.35. The molecular formula is C15H16ClN3OS2. The Balaban J connectivity index is 1.87. The Bertz CT molecular complexity index is 653. The zero-order chi connectivity index (χ0) is 15.9. The van der Waals surface area contributed by atoms with Crippen molar-refractivity contribution >= 4 is 51.8 Å². The average Bonchev–Trinajstić information content (AvgIpc) is 2.92. The number of nitrogens with one attached hydrogen (secondary N) is 1. The first-order valence-corrected chi connectivity index (χ1v) is 8.92. The molecule has 0 aliphatic heterocycles. The molecule has 4 nitrogen and oxygen atoms in total. The van der Waals surface area contributed by atoms with E-state index in [9.17, 15) is 4.79 Å². The van der Waals surface area contributed by atoms with E-state index in [4.69, 9.17) is 11.6 Å². The molecule has 1 N–H and O–H groups in total. The first kappa shape index (κ1) is 17.0. The van der Waals surface area contributed by atoms with Gasteiger partial charge in [0.15, 0.2) is 4.34 Å².